The molecular weight excluding hydrogens is 360 g/mol. The lowest BCUT2D eigenvalue weighted by Gasteiger charge is -2.58. The van der Waals surface area contributed by atoms with E-state index in [0.29, 0.717) is 47.2 Å². The summed E-state index contributed by atoms with van der Waals surface area (Å²) in [7, 11) is 0. The number of esters is 1. The Morgan fingerprint density at radius 3 is 2.59 bits per heavy atom. The summed E-state index contributed by atoms with van der Waals surface area (Å²) in [6, 6.07) is 0. The van der Waals surface area contributed by atoms with Crippen molar-refractivity contribution in [1.82, 2.24) is 0 Å². The summed E-state index contributed by atoms with van der Waals surface area (Å²) in [6.07, 6.45) is 13.5. The summed E-state index contributed by atoms with van der Waals surface area (Å²) in [5.74, 6) is 3.99. The van der Waals surface area contributed by atoms with Gasteiger partial charge < -0.3 is 4.74 Å². The molecule has 152 valence electrons. The Kier molecular flexibility index (Phi) is 2.43. The summed E-state index contributed by atoms with van der Waals surface area (Å²) in [6.45, 7) is 4.97. The second-order valence-electron chi connectivity index (χ2n) is 12.4. The molecular formula is C26H30O3. The number of ether oxygens (including phenoxy) is 1. The molecule has 1 aliphatic heterocycles. The second kappa shape index (κ2) is 4.32. The Labute approximate surface area is 172 Å². The fourth-order valence-corrected chi connectivity index (χ4v) is 10.1. The third kappa shape index (κ3) is 1.53. The van der Waals surface area contributed by atoms with Crippen LogP contribution in [0.25, 0.3) is 0 Å². The summed E-state index contributed by atoms with van der Waals surface area (Å²) in [4.78, 5) is 24.9. The molecule has 0 aromatic rings. The highest BCUT2D eigenvalue weighted by molar-refractivity contribution is 5.97. The van der Waals surface area contributed by atoms with Gasteiger partial charge in [0, 0.05) is 29.1 Å². The predicted octanol–water partition coefficient (Wildman–Crippen LogP) is 4.62. The number of fused-ring (bicyclic) bond motifs is 12. The van der Waals surface area contributed by atoms with Crippen LogP contribution in [0.3, 0.4) is 0 Å². The zero-order valence-electron chi connectivity index (χ0n) is 17.5. The predicted molar refractivity (Wildman–Crippen MR) is 107 cm³/mol. The quantitative estimate of drug-likeness (QED) is 0.448. The molecule has 0 bridgehead atoms. The molecule has 5 unspecified atom stereocenters. The number of hydrogen-bond donors (Lipinski definition) is 0. The van der Waals surface area contributed by atoms with Crippen LogP contribution >= 0.6 is 0 Å². The van der Waals surface area contributed by atoms with Gasteiger partial charge in [-0.05, 0) is 80.1 Å². The number of ketones is 1. The monoisotopic (exact) mass is 390 g/mol. The number of rotatable bonds is 0. The van der Waals surface area contributed by atoms with Gasteiger partial charge in [-0.15, -0.1) is 0 Å². The first kappa shape index (κ1) is 16.3. The third-order valence-corrected chi connectivity index (χ3v) is 11.6. The van der Waals surface area contributed by atoms with Gasteiger partial charge in [-0.3, -0.25) is 9.59 Å². The Balaban J connectivity index is 1.31. The molecule has 0 aromatic carbocycles. The normalized spacial score (nSPS) is 59.1. The minimum absolute atomic E-state index is 0.0402. The van der Waals surface area contributed by atoms with E-state index in [-0.39, 0.29) is 22.4 Å². The fraction of sp³-hybridized carbons (Fsp3) is 0.769. The third-order valence-electron chi connectivity index (χ3n) is 11.6. The van der Waals surface area contributed by atoms with Crippen LogP contribution in [0.4, 0.5) is 0 Å². The number of allylic oxidation sites excluding steroid dienone is 4. The average molecular weight is 391 g/mol. The largest absolute Gasteiger partial charge is 0.458 e. The van der Waals surface area contributed by atoms with E-state index in [1.165, 1.54) is 31.3 Å². The molecule has 0 aromatic heterocycles. The van der Waals surface area contributed by atoms with E-state index in [0.717, 1.165) is 25.2 Å². The van der Waals surface area contributed by atoms with Crippen molar-refractivity contribution in [2.75, 3.05) is 0 Å². The molecule has 0 radical (unpaired) electrons. The van der Waals surface area contributed by atoms with Gasteiger partial charge >= 0.3 is 5.97 Å². The van der Waals surface area contributed by atoms with Crippen LogP contribution in [-0.2, 0) is 14.3 Å². The standard InChI is InChI=1S/C26H30O3/c1-23-5-3-16-15(22(23)14-10-18(14)26(23)6-4-21(28)29-26)12-25(7-8-25)20-11-19(27)13-9-17(13)24(16,20)2/h3,11,13-15,17-18,22H,4-10,12H2,1-2H3/t13?,14?,15?,17-,18?,22?,23-,24-,26-/m0/s1. The van der Waals surface area contributed by atoms with E-state index in [1.807, 2.05) is 0 Å². The molecule has 0 amide bonds. The van der Waals surface area contributed by atoms with Crippen molar-refractivity contribution in [2.45, 2.75) is 70.8 Å². The maximum absolute atomic E-state index is 12.7. The molecule has 6 fully saturated rings. The van der Waals surface area contributed by atoms with E-state index >= 15 is 0 Å². The van der Waals surface area contributed by atoms with Gasteiger partial charge in [0.05, 0.1) is 0 Å². The van der Waals surface area contributed by atoms with E-state index in [1.54, 1.807) is 5.57 Å². The van der Waals surface area contributed by atoms with E-state index in [4.69, 9.17) is 4.74 Å². The number of hydrogen-bond acceptors (Lipinski definition) is 3. The minimum atomic E-state index is -0.181. The second-order valence-corrected chi connectivity index (χ2v) is 12.4. The Morgan fingerprint density at radius 1 is 1.03 bits per heavy atom. The molecule has 3 nitrogen and oxygen atoms in total. The van der Waals surface area contributed by atoms with Crippen molar-refractivity contribution in [3.63, 3.8) is 0 Å². The van der Waals surface area contributed by atoms with Crippen LogP contribution in [0.15, 0.2) is 23.3 Å². The van der Waals surface area contributed by atoms with Crippen molar-refractivity contribution in [1.29, 1.82) is 0 Å². The van der Waals surface area contributed by atoms with Crippen molar-refractivity contribution >= 4 is 11.8 Å². The Bertz CT molecular complexity index is 984. The maximum atomic E-state index is 12.7. The molecule has 8 rings (SSSR count). The molecule has 0 N–H and O–H groups in total. The number of carbonyl (C=O) groups is 2. The van der Waals surface area contributed by atoms with Gasteiger partial charge in [0.25, 0.3) is 0 Å². The lowest BCUT2D eigenvalue weighted by molar-refractivity contribution is -0.166. The van der Waals surface area contributed by atoms with E-state index in [9.17, 15) is 9.59 Å². The fourth-order valence-electron chi connectivity index (χ4n) is 10.1. The lowest BCUT2D eigenvalue weighted by atomic mass is 9.46. The minimum Gasteiger partial charge on any atom is -0.458 e. The van der Waals surface area contributed by atoms with Gasteiger partial charge in [0.1, 0.15) is 5.60 Å². The van der Waals surface area contributed by atoms with Gasteiger partial charge in [0.2, 0.25) is 0 Å². The molecule has 7 aliphatic carbocycles. The molecule has 1 heterocycles. The summed E-state index contributed by atoms with van der Waals surface area (Å²) in [5, 5.41) is 0. The van der Waals surface area contributed by atoms with Crippen molar-refractivity contribution in [3.05, 3.63) is 23.3 Å². The summed E-state index contributed by atoms with van der Waals surface area (Å²) >= 11 is 0. The van der Waals surface area contributed by atoms with E-state index < -0.39 is 0 Å². The first-order chi connectivity index (χ1) is 13.8. The Morgan fingerprint density at radius 2 is 1.86 bits per heavy atom. The van der Waals surface area contributed by atoms with Crippen LogP contribution in [0, 0.1) is 51.8 Å². The average Bonchev–Trinajstić information content (AvgIpc) is 3.57. The molecule has 29 heavy (non-hydrogen) atoms. The molecule has 1 saturated heterocycles. The van der Waals surface area contributed by atoms with Crippen LogP contribution < -0.4 is 0 Å². The summed E-state index contributed by atoms with van der Waals surface area (Å²) < 4.78 is 6.23. The molecule has 2 spiro atoms. The van der Waals surface area contributed by atoms with E-state index in [2.05, 4.69) is 26.0 Å². The van der Waals surface area contributed by atoms with Crippen molar-refractivity contribution in [3.8, 4) is 0 Å². The topological polar surface area (TPSA) is 43.4 Å². The first-order valence-electron chi connectivity index (χ1n) is 12.0. The van der Waals surface area contributed by atoms with Crippen LogP contribution in [0.5, 0.6) is 0 Å². The Hall–Kier alpha value is -1.38. The molecule has 3 heteroatoms. The lowest BCUT2D eigenvalue weighted by Crippen LogP contribution is -2.54. The molecule has 5 saturated carbocycles. The van der Waals surface area contributed by atoms with Crippen molar-refractivity contribution in [2.24, 2.45) is 51.8 Å². The zero-order valence-corrected chi connectivity index (χ0v) is 17.5. The number of carbonyl (C=O) groups excluding carboxylic acids is 2. The zero-order chi connectivity index (χ0) is 19.6. The SMILES string of the molecule is C[C@@]12C3=CC[C@@]4(C)C(C3CC3(CC3)C1=CC(=O)C1C[C@@H]12)C1CC1[C@@]41CCC(=O)O1. The van der Waals surface area contributed by atoms with Gasteiger partial charge in [-0.2, -0.15) is 0 Å². The van der Waals surface area contributed by atoms with Gasteiger partial charge in [-0.1, -0.05) is 31.1 Å². The first-order valence-corrected chi connectivity index (χ1v) is 12.0. The molecule has 8 aliphatic rings. The highest BCUT2D eigenvalue weighted by Gasteiger charge is 2.80. The van der Waals surface area contributed by atoms with Crippen LogP contribution in [0.1, 0.15) is 65.2 Å². The van der Waals surface area contributed by atoms with Gasteiger partial charge in [0.15, 0.2) is 5.78 Å². The van der Waals surface area contributed by atoms with Gasteiger partial charge in [-0.25, -0.2) is 0 Å². The maximum Gasteiger partial charge on any atom is 0.306 e. The van der Waals surface area contributed by atoms with Crippen LogP contribution in [0.2, 0.25) is 0 Å². The van der Waals surface area contributed by atoms with Crippen molar-refractivity contribution < 1.29 is 14.3 Å². The van der Waals surface area contributed by atoms with Crippen LogP contribution in [-0.4, -0.2) is 17.4 Å². The summed E-state index contributed by atoms with van der Waals surface area (Å²) in [5.41, 5.74) is 3.58. The smallest absolute Gasteiger partial charge is 0.306 e. The highest BCUT2D eigenvalue weighted by Crippen LogP contribution is 2.82. The molecule has 9 atom stereocenters. The highest BCUT2D eigenvalue weighted by atomic mass is 16.6.